The summed E-state index contributed by atoms with van der Waals surface area (Å²) in [5, 5.41) is 6.83. The molecule has 1 heterocycles. The van der Waals surface area contributed by atoms with E-state index in [0.29, 0.717) is 5.92 Å². The van der Waals surface area contributed by atoms with Crippen molar-refractivity contribution in [2.75, 3.05) is 59.9 Å². The average Bonchev–Trinajstić information content (AvgIpc) is 2.49. The van der Waals surface area contributed by atoms with E-state index in [4.69, 9.17) is 0 Å². The van der Waals surface area contributed by atoms with Gasteiger partial charge in [0.1, 0.15) is 0 Å². The Balaban J connectivity index is 0.00000441. The third kappa shape index (κ3) is 9.84. The van der Waals surface area contributed by atoms with E-state index >= 15 is 0 Å². The smallest absolute Gasteiger partial charge is 0.190 e. The number of nitrogens with one attached hydrogen (secondary N) is 2. The van der Waals surface area contributed by atoms with Crippen LogP contribution in [0, 0.1) is 5.92 Å². The number of likely N-dealkylation sites (N-methyl/N-ethyl adjacent to an activating group) is 1. The zero-order chi connectivity index (χ0) is 15.5. The summed E-state index contributed by atoms with van der Waals surface area (Å²) in [5.41, 5.74) is 0. The Morgan fingerprint density at radius 2 is 1.82 bits per heavy atom. The number of aliphatic imine (C=N–C) groups is 1. The molecule has 1 fully saturated rings. The van der Waals surface area contributed by atoms with Crippen molar-refractivity contribution in [3.05, 3.63) is 0 Å². The Bertz CT molecular complexity index is 290. The van der Waals surface area contributed by atoms with Gasteiger partial charge in [0.05, 0.1) is 0 Å². The van der Waals surface area contributed by atoms with Crippen LogP contribution in [-0.2, 0) is 0 Å². The van der Waals surface area contributed by atoms with E-state index in [9.17, 15) is 0 Å². The molecular weight excluding hydrogens is 389 g/mol. The van der Waals surface area contributed by atoms with Crippen LogP contribution in [0.25, 0.3) is 0 Å². The maximum absolute atomic E-state index is 4.29. The summed E-state index contributed by atoms with van der Waals surface area (Å²) in [6.07, 6.45) is 3.76. The number of unbranched alkanes of at least 4 members (excludes halogenated alkanes) is 2. The number of hydrogen-bond donors (Lipinski definition) is 2. The molecule has 6 heteroatoms. The molecule has 22 heavy (non-hydrogen) atoms. The van der Waals surface area contributed by atoms with Gasteiger partial charge in [-0.3, -0.25) is 4.99 Å². The summed E-state index contributed by atoms with van der Waals surface area (Å²) in [7, 11) is 4.05. The standard InChI is InChI=1S/C16H35N5.HI/c1-5-6-7-8-18-16(17-3)19-13-15(2)14-21-11-9-20(4)10-12-21;/h15H,5-14H2,1-4H3,(H2,17,18,19);1H. The van der Waals surface area contributed by atoms with Crippen LogP contribution in [-0.4, -0.2) is 75.7 Å². The second kappa shape index (κ2) is 13.4. The van der Waals surface area contributed by atoms with Crippen LogP contribution < -0.4 is 10.6 Å². The monoisotopic (exact) mass is 425 g/mol. The molecule has 1 rings (SSSR count). The highest BCUT2D eigenvalue weighted by atomic mass is 127. The molecule has 0 aromatic rings. The fourth-order valence-electron chi connectivity index (χ4n) is 2.61. The Hall–Kier alpha value is -0.0800. The second-order valence-corrected chi connectivity index (χ2v) is 6.30. The maximum atomic E-state index is 4.29. The van der Waals surface area contributed by atoms with Gasteiger partial charge < -0.3 is 20.4 Å². The zero-order valence-electron chi connectivity index (χ0n) is 14.9. The van der Waals surface area contributed by atoms with Gasteiger partial charge in [0, 0.05) is 52.9 Å². The van der Waals surface area contributed by atoms with Gasteiger partial charge in [-0.25, -0.2) is 0 Å². The van der Waals surface area contributed by atoms with E-state index in [2.05, 4.69) is 46.3 Å². The van der Waals surface area contributed by atoms with Crippen molar-refractivity contribution in [2.24, 2.45) is 10.9 Å². The number of nitrogens with zero attached hydrogens (tertiary/aromatic N) is 3. The van der Waals surface area contributed by atoms with Crippen LogP contribution in [0.1, 0.15) is 33.1 Å². The highest BCUT2D eigenvalue weighted by molar-refractivity contribution is 14.0. The fourth-order valence-corrected chi connectivity index (χ4v) is 2.61. The molecule has 1 aliphatic heterocycles. The summed E-state index contributed by atoms with van der Waals surface area (Å²) in [5.74, 6) is 1.58. The molecule has 1 aliphatic rings. The van der Waals surface area contributed by atoms with Gasteiger partial charge >= 0.3 is 0 Å². The van der Waals surface area contributed by atoms with Gasteiger partial charge in [-0.2, -0.15) is 0 Å². The number of guanidine groups is 1. The molecule has 5 nitrogen and oxygen atoms in total. The van der Waals surface area contributed by atoms with Crippen LogP contribution in [0.4, 0.5) is 0 Å². The van der Waals surface area contributed by atoms with E-state index < -0.39 is 0 Å². The fraction of sp³-hybridized carbons (Fsp3) is 0.938. The van der Waals surface area contributed by atoms with Crippen molar-refractivity contribution in [1.29, 1.82) is 0 Å². The Morgan fingerprint density at radius 1 is 1.14 bits per heavy atom. The van der Waals surface area contributed by atoms with Crippen molar-refractivity contribution in [3.8, 4) is 0 Å². The summed E-state index contributed by atoms with van der Waals surface area (Å²) in [6, 6.07) is 0. The molecule has 1 saturated heterocycles. The van der Waals surface area contributed by atoms with Crippen LogP contribution in [0.15, 0.2) is 4.99 Å². The highest BCUT2D eigenvalue weighted by Crippen LogP contribution is 2.03. The predicted molar refractivity (Wildman–Crippen MR) is 107 cm³/mol. The first kappa shape index (κ1) is 21.9. The summed E-state index contributed by atoms with van der Waals surface area (Å²) >= 11 is 0. The summed E-state index contributed by atoms with van der Waals surface area (Å²) in [4.78, 5) is 9.27. The largest absolute Gasteiger partial charge is 0.356 e. The van der Waals surface area contributed by atoms with Crippen molar-refractivity contribution in [2.45, 2.75) is 33.1 Å². The molecule has 0 spiro atoms. The number of hydrogen-bond acceptors (Lipinski definition) is 3. The van der Waals surface area contributed by atoms with Gasteiger partial charge in [-0.05, 0) is 19.4 Å². The van der Waals surface area contributed by atoms with Gasteiger partial charge in [0.2, 0.25) is 0 Å². The van der Waals surface area contributed by atoms with Gasteiger partial charge in [-0.1, -0.05) is 26.7 Å². The molecular formula is C16H36IN5. The third-order valence-corrected chi connectivity index (χ3v) is 4.08. The topological polar surface area (TPSA) is 42.9 Å². The molecule has 0 saturated carbocycles. The van der Waals surface area contributed by atoms with Crippen molar-refractivity contribution >= 4 is 29.9 Å². The zero-order valence-corrected chi connectivity index (χ0v) is 17.2. The second-order valence-electron chi connectivity index (χ2n) is 6.30. The molecule has 2 N–H and O–H groups in total. The number of rotatable bonds is 8. The van der Waals surface area contributed by atoms with E-state index in [-0.39, 0.29) is 24.0 Å². The quantitative estimate of drug-likeness (QED) is 0.270. The molecule has 0 bridgehead atoms. The average molecular weight is 425 g/mol. The minimum atomic E-state index is 0. The van der Waals surface area contributed by atoms with Crippen LogP contribution in [0.3, 0.4) is 0 Å². The lowest BCUT2D eigenvalue weighted by atomic mass is 10.1. The van der Waals surface area contributed by atoms with E-state index in [0.717, 1.165) is 19.0 Å². The third-order valence-electron chi connectivity index (χ3n) is 4.08. The maximum Gasteiger partial charge on any atom is 0.190 e. The number of halogens is 1. The van der Waals surface area contributed by atoms with E-state index in [1.165, 1.54) is 52.0 Å². The predicted octanol–water partition coefficient (Wildman–Crippen LogP) is 1.84. The van der Waals surface area contributed by atoms with E-state index in [1.54, 1.807) is 0 Å². The van der Waals surface area contributed by atoms with E-state index in [1.807, 2.05) is 7.05 Å². The molecule has 1 atom stereocenters. The minimum Gasteiger partial charge on any atom is -0.356 e. The molecule has 132 valence electrons. The summed E-state index contributed by atoms with van der Waals surface area (Å²) in [6.45, 7) is 12.5. The van der Waals surface area contributed by atoms with Crippen LogP contribution in [0.2, 0.25) is 0 Å². The first-order valence-corrected chi connectivity index (χ1v) is 8.51. The lowest BCUT2D eigenvalue weighted by molar-refractivity contribution is 0.139. The summed E-state index contributed by atoms with van der Waals surface area (Å²) < 4.78 is 0. The van der Waals surface area contributed by atoms with Crippen molar-refractivity contribution < 1.29 is 0 Å². The molecule has 0 amide bonds. The van der Waals surface area contributed by atoms with Gasteiger partial charge in [-0.15, -0.1) is 24.0 Å². The Morgan fingerprint density at radius 3 is 2.41 bits per heavy atom. The molecule has 0 aromatic heterocycles. The first-order chi connectivity index (χ1) is 10.2. The minimum absolute atomic E-state index is 0. The van der Waals surface area contributed by atoms with Gasteiger partial charge in [0.25, 0.3) is 0 Å². The molecule has 1 unspecified atom stereocenters. The SMILES string of the molecule is CCCCCNC(=NC)NCC(C)CN1CCN(C)CC1.I. The number of piperazine rings is 1. The molecule has 0 aromatic carbocycles. The molecule has 0 radical (unpaired) electrons. The Kier molecular flexibility index (Phi) is 13.3. The lowest BCUT2D eigenvalue weighted by Crippen LogP contribution is -2.47. The molecule has 0 aliphatic carbocycles. The van der Waals surface area contributed by atoms with Crippen LogP contribution in [0.5, 0.6) is 0 Å². The van der Waals surface area contributed by atoms with Crippen LogP contribution >= 0.6 is 24.0 Å². The highest BCUT2D eigenvalue weighted by Gasteiger charge is 2.16. The lowest BCUT2D eigenvalue weighted by Gasteiger charge is -2.34. The Labute approximate surface area is 154 Å². The van der Waals surface area contributed by atoms with Crippen molar-refractivity contribution in [1.82, 2.24) is 20.4 Å². The first-order valence-electron chi connectivity index (χ1n) is 8.51. The van der Waals surface area contributed by atoms with Gasteiger partial charge in [0.15, 0.2) is 5.96 Å². The normalized spacial score (nSPS) is 18.6. The van der Waals surface area contributed by atoms with Crippen molar-refractivity contribution in [3.63, 3.8) is 0 Å².